The lowest BCUT2D eigenvalue weighted by Crippen LogP contribution is -2.17. The number of aromatic nitrogens is 1. The fraction of sp³-hybridized carbons (Fsp3) is 0.355. The molecule has 0 aliphatic heterocycles. The second-order valence-electron chi connectivity index (χ2n) is 8.61. The molecular weight excluding hydrogens is 476 g/mol. The molecule has 1 unspecified atom stereocenters. The van der Waals surface area contributed by atoms with E-state index in [1.54, 1.807) is 18.4 Å². The van der Waals surface area contributed by atoms with Crippen molar-refractivity contribution in [2.24, 2.45) is 4.99 Å². The molecule has 3 aromatic rings. The van der Waals surface area contributed by atoms with Gasteiger partial charge in [0.1, 0.15) is 11.6 Å². The molecule has 1 aromatic heterocycles. The van der Waals surface area contributed by atoms with E-state index >= 15 is 0 Å². The molecule has 0 aliphatic rings. The zero-order valence-electron chi connectivity index (χ0n) is 23.2. The van der Waals surface area contributed by atoms with Crippen molar-refractivity contribution >= 4 is 17.0 Å². The smallest absolute Gasteiger partial charge is 0.119 e. The number of methoxy groups -OCH3 is 1. The zero-order chi connectivity index (χ0) is 27.0. The number of allylic oxidation sites excluding steroid dienone is 2. The van der Waals surface area contributed by atoms with Crippen LogP contribution in [0.25, 0.3) is 11.3 Å². The van der Waals surface area contributed by atoms with E-state index < -0.39 is 0 Å². The summed E-state index contributed by atoms with van der Waals surface area (Å²) in [4.78, 5) is 10.6. The fourth-order valence-corrected chi connectivity index (χ4v) is 4.51. The molecule has 37 heavy (non-hydrogen) atoms. The van der Waals surface area contributed by atoms with Crippen LogP contribution in [0, 0.1) is 6.92 Å². The van der Waals surface area contributed by atoms with Gasteiger partial charge in [0, 0.05) is 11.6 Å². The van der Waals surface area contributed by atoms with Crippen LogP contribution in [0.1, 0.15) is 62.0 Å². The van der Waals surface area contributed by atoms with Gasteiger partial charge in [-0.25, -0.2) is 9.98 Å². The van der Waals surface area contributed by atoms with Crippen LogP contribution in [-0.2, 0) is 0 Å². The first-order valence-corrected chi connectivity index (χ1v) is 13.8. The molecule has 1 atom stereocenters. The predicted molar refractivity (Wildman–Crippen MR) is 161 cm³/mol. The largest absolute Gasteiger partial charge is 0.497 e. The van der Waals surface area contributed by atoms with Crippen LogP contribution in [0.2, 0.25) is 0 Å². The third-order valence-electron chi connectivity index (χ3n) is 5.45. The van der Waals surface area contributed by atoms with Gasteiger partial charge in [-0.05, 0) is 82.6 Å². The van der Waals surface area contributed by atoms with E-state index in [1.165, 1.54) is 31.5 Å². The minimum atomic E-state index is 0.110. The number of aryl methyl sites for hydroxylation is 1. The van der Waals surface area contributed by atoms with E-state index in [-0.39, 0.29) is 6.04 Å². The second kappa shape index (κ2) is 16.5. The standard InChI is InChI=1S/C25H27N3OS.C6H15N/c1-6-10-23(27-18(3)26-17(2)20-11-8-7-9-12-20)25-24(28-19(4)30-25)21-13-15-22(29-5)16-14-21;1-3-5-7-6-4-2/h6-17,26H,3H2,1-2,4-5H3;7H,3-6H2,1-2H3/b10-6-,27-23+;. The van der Waals surface area contributed by atoms with Crippen molar-refractivity contribution in [3.63, 3.8) is 0 Å². The van der Waals surface area contributed by atoms with Gasteiger partial charge in [0.15, 0.2) is 0 Å². The van der Waals surface area contributed by atoms with E-state index in [2.05, 4.69) is 50.1 Å². The summed E-state index contributed by atoms with van der Waals surface area (Å²) in [5, 5.41) is 7.66. The van der Waals surface area contributed by atoms with E-state index in [1.807, 2.05) is 68.5 Å². The van der Waals surface area contributed by atoms with Crippen LogP contribution < -0.4 is 15.4 Å². The van der Waals surface area contributed by atoms with Gasteiger partial charge in [-0.2, -0.15) is 0 Å². The average Bonchev–Trinajstić information content (AvgIpc) is 3.31. The molecule has 0 fully saturated rings. The summed E-state index contributed by atoms with van der Waals surface area (Å²) in [6, 6.07) is 18.3. The number of hydrogen-bond donors (Lipinski definition) is 2. The molecular formula is C31H42N4OS. The number of ether oxygens (including phenoxy) is 1. The van der Waals surface area contributed by atoms with Gasteiger partial charge in [-0.15, -0.1) is 11.3 Å². The number of benzene rings is 2. The molecule has 198 valence electrons. The highest BCUT2D eigenvalue weighted by atomic mass is 32.1. The van der Waals surface area contributed by atoms with Crippen LogP contribution in [0.5, 0.6) is 5.75 Å². The molecule has 0 aliphatic carbocycles. The Hall–Kier alpha value is -3.22. The van der Waals surface area contributed by atoms with Gasteiger partial charge < -0.3 is 15.4 Å². The summed E-state index contributed by atoms with van der Waals surface area (Å²) < 4.78 is 5.28. The zero-order valence-corrected chi connectivity index (χ0v) is 24.0. The molecule has 0 bridgehead atoms. The summed E-state index contributed by atoms with van der Waals surface area (Å²) in [7, 11) is 1.67. The summed E-state index contributed by atoms with van der Waals surface area (Å²) in [6.07, 6.45) is 6.49. The van der Waals surface area contributed by atoms with Crippen molar-refractivity contribution < 1.29 is 4.74 Å². The molecule has 1 heterocycles. The molecule has 0 amide bonds. The van der Waals surface area contributed by atoms with Gasteiger partial charge in [0.25, 0.3) is 0 Å². The molecule has 0 radical (unpaired) electrons. The van der Waals surface area contributed by atoms with Gasteiger partial charge in [0.05, 0.1) is 28.4 Å². The van der Waals surface area contributed by atoms with Crippen molar-refractivity contribution in [1.29, 1.82) is 0 Å². The minimum Gasteiger partial charge on any atom is -0.497 e. The summed E-state index contributed by atoms with van der Waals surface area (Å²) in [6.45, 7) is 17.0. The number of nitrogens with one attached hydrogen (secondary N) is 2. The third kappa shape index (κ3) is 9.98. The van der Waals surface area contributed by atoms with Gasteiger partial charge in [-0.1, -0.05) is 56.8 Å². The fourth-order valence-electron chi connectivity index (χ4n) is 3.60. The van der Waals surface area contributed by atoms with E-state index in [0.29, 0.717) is 5.82 Å². The lowest BCUT2D eigenvalue weighted by atomic mass is 10.1. The normalized spacial score (nSPS) is 12.1. The van der Waals surface area contributed by atoms with Crippen molar-refractivity contribution in [2.45, 2.75) is 53.5 Å². The minimum absolute atomic E-state index is 0.110. The molecule has 5 nitrogen and oxygen atoms in total. The number of nitrogens with zero attached hydrogens (tertiary/aromatic N) is 2. The van der Waals surface area contributed by atoms with Crippen molar-refractivity contribution in [2.75, 3.05) is 20.2 Å². The Labute approximate surface area is 227 Å². The van der Waals surface area contributed by atoms with Crippen molar-refractivity contribution in [3.05, 3.63) is 94.6 Å². The van der Waals surface area contributed by atoms with Crippen LogP contribution in [-0.4, -0.2) is 30.9 Å². The third-order valence-corrected chi connectivity index (χ3v) is 6.44. The highest BCUT2D eigenvalue weighted by molar-refractivity contribution is 7.14. The number of aliphatic imine (C=N–C) groups is 1. The maximum absolute atomic E-state index is 5.28. The Kier molecular flexibility index (Phi) is 13.4. The highest BCUT2D eigenvalue weighted by Gasteiger charge is 2.16. The van der Waals surface area contributed by atoms with Crippen LogP contribution in [0.15, 0.2) is 84.1 Å². The molecule has 0 saturated heterocycles. The monoisotopic (exact) mass is 518 g/mol. The molecule has 0 spiro atoms. The van der Waals surface area contributed by atoms with Gasteiger partial charge >= 0.3 is 0 Å². The quantitative estimate of drug-likeness (QED) is 0.190. The lowest BCUT2D eigenvalue weighted by Gasteiger charge is -2.15. The summed E-state index contributed by atoms with van der Waals surface area (Å²) in [5.74, 6) is 1.44. The SMILES string of the molecule is C=C(/N=C(\C=C/C)c1sc(C)nc1-c1ccc(OC)cc1)NC(C)c1ccccc1.CCCNCCC. The lowest BCUT2D eigenvalue weighted by molar-refractivity contribution is 0.415. The molecule has 2 aromatic carbocycles. The Balaban J connectivity index is 0.000000604. The van der Waals surface area contributed by atoms with Crippen LogP contribution in [0.3, 0.4) is 0 Å². The predicted octanol–water partition coefficient (Wildman–Crippen LogP) is 7.71. The van der Waals surface area contributed by atoms with Gasteiger partial charge in [-0.3, -0.25) is 0 Å². The van der Waals surface area contributed by atoms with Crippen LogP contribution in [0.4, 0.5) is 0 Å². The van der Waals surface area contributed by atoms with Crippen molar-refractivity contribution in [3.8, 4) is 17.0 Å². The van der Waals surface area contributed by atoms with E-state index in [4.69, 9.17) is 14.7 Å². The first-order valence-electron chi connectivity index (χ1n) is 13.0. The van der Waals surface area contributed by atoms with Crippen LogP contribution >= 0.6 is 11.3 Å². The van der Waals surface area contributed by atoms with Crippen molar-refractivity contribution in [1.82, 2.24) is 15.6 Å². The molecule has 2 N–H and O–H groups in total. The Morgan fingerprint density at radius 1 is 1.08 bits per heavy atom. The summed E-state index contributed by atoms with van der Waals surface area (Å²) >= 11 is 1.63. The molecule has 6 heteroatoms. The Bertz CT molecular complexity index is 1130. The molecule has 3 rings (SSSR count). The first-order chi connectivity index (χ1) is 17.9. The number of thiazole rings is 1. The Morgan fingerprint density at radius 3 is 2.30 bits per heavy atom. The average molecular weight is 519 g/mol. The van der Waals surface area contributed by atoms with E-state index in [0.717, 1.165) is 32.6 Å². The first kappa shape index (κ1) is 30.0. The topological polar surface area (TPSA) is 58.5 Å². The maximum Gasteiger partial charge on any atom is 0.119 e. The highest BCUT2D eigenvalue weighted by Crippen LogP contribution is 2.30. The Morgan fingerprint density at radius 2 is 1.73 bits per heavy atom. The maximum atomic E-state index is 5.28. The van der Waals surface area contributed by atoms with Gasteiger partial charge in [0.2, 0.25) is 0 Å². The number of rotatable bonds is 12. The molecule has 0 saturated carbocycles. The van der Waals surface area contributed by atoms with E-state index in [9.17, 15) is 0 Å². The number of hydrogen-bond acceptors (Lipinski definition) is 6. The summed E-state index contributed by atoms with van der Waals surface area (Å²) in [5.41, 5.74) is 3.98. The second-order valence-corrected chi connectivity index (χ2v) is 9.81.